The number of carbonyl (C=O) groups excluding carboxylic acids is 1. The van der Waals surface area contributed by atoms with Crippen LogP contribution in [-0.4, -0.2) is 72.4 Å². The Morgan fingerprint density at radius 2 is 2.19 bits per heavy atom. The minimum absolute atomic E-state index is 0.0699. The highest BCUT2D eigenvalue weighted by atomic mass is 16.6. The lowest BCUT2D eigenvalue weighted by atomic mass is 10.1. The third-order valence-electron chi connectivity index (χ3n) is 4.07. The van der Waals surface area contributed by atoms with Crippen LogP contribution in [-0.2, 0) is 19.0 Å². The molecular weight excluding hydrogens is 358 g/mol. The number of aliphatic hydroxyl groups excluding tert-OH is 1. The maximum Gasteiger partial charge on any atom is 0.303 e. The number of hydrogen-bond acceptors (Lipinski definition) is 9. The van der Waals surface area contributed by atoms with Gasteiger partial charge in [0.05, 0.1) is 19.8 Å². The number of rotatable bonds is 9. The van der Waals surface area contributed by atoms with Crippen molar-refractivity contribution >= 4 is 5.97 Å². The quantitative estimate of drug-likeness (QED) is 0.423. The number of carbonyl (C=O) groups is 1. The second kappa shape index (κ2) is 9.79. The van der Waals surface area contributed by atoms with Crippen molar-refractivity contribution in [2.24, 2.45) is 0 Å². The highest BCUT2D eigenvalue weighted by Crippen LogP contribution is 2.35. The molecule has 0 aromatic carbocycles. The molecule has 10 heteroatoms. The average Bonchev–Trinajstić information content (AvgIpc) is 2.95. The lowest BCUT2D eigenvalue weighted by Gasteiger charge is -2.26. The summed E-state index contributed by atoms with van der Waals surface area (Å²) in [6.07, 6.45) is -1.56. The van der Waals surface area contributed by atoms with E-state index in [0.29, 0.717) is 25.3 Å². The van der Waals surface area contributed by atoms with Gasteiger partial charge in [-0.15, -0.1) is 0 Å². The van der Waals surface area contributed by atoms with Gasteiger partial charge < -0.3 is 29.4 Å². The molecule has 2 N–H and O–H groups in total. The summed E-state index contributed by atoms with van der Waals surface area (Å²) in [5.41, 5.74) is -0.0110. The van der Waals surface area contributed by atoms with E-state index in [1.54, 1.807) is 27.1 Å². The monoisotopic (exact) mass is 385 g/mol. The minimum atomic E-state index is -0.816. The Kier molecular flexibility index (Phi) is 7.72. The summed E-state index contributed by atoms with van der Waals surface area (Å²) in [6.45, 7) is 5.50. The van der Waals surface area contributed by atoms with Crippen LogP contribution in [0.15, 0.2) is 11.0 Å². The van der Waals surface area contributed by atoms with Gasteiger partial charge in [0.25, 0.3) is 5.56 Å². The van der Waals surface area contributed by atoms with E-state index in [1.165, 1.54) is 11.5 Å². The van der Waals surface area contributed by atoms with Crippen LogP contribution in [0.1, 0.15) is 25.6 Å². The number of aliphatic hydroxyl groups is 1. The molecule has 0 radical (unpaired) electrons. The Morgan fingerprint density at radius 3 is 2.78 bits per heavy atom. The lowest BCUT2D eigenvalue weighted by molar-refractivity contribution is -0.155. The van der Waals surface area contributed by atoms with E-state index in [4.69, 9.17) is 18.9 Å². The van der Waals surface area contributed by atoms with E-state index in [1.807, 2.05) is 0 Å². The van der Waals surface area contributed by atoms with Crippen LogP contribution in [0.3, 0.4) is 0 Å². The molecule has 0 aliphatic carbocycles. The van der Waals surface area contributed by atoms with E-state index < -0.39 is 36.1 Å². The first-order chi connectivity index (χ1) is 12.9. The SMILES string of the molecule is CCOc1nc(=O)c(C)cn1[C@@H]1O[C@H](CO)C(OC(C)=O)[C@@H]1OCCNC. The second-order valence-corrected chi connectivity index (χ2v) is 6.11. The molecule has 10 nitrogen and oxygen atoms in total. The van der Waals surface area contributed by atoms with Crippen LogP contribution in [0.2, 0.25) is 0 Å². The number of aryl methyl sites for hydroxylation is 1. The molecule has 1 fully saturated rings. The highest BCUT2D eigenvalue weighted by molar-refractivity contribution is 5.66. The van der Waals surface area contributed by atoms with Gasteiger partial charge in [-0.2, -0.15) is 4.98 Å². The summed E-state index contributed by atoms with van der Waals surface area (Å²) in [5.74, 6) is -0.510. The predicted octanol–water partition coefficient (Wildman–Crippen LogP) is -0.624. The number of likely N-dealkylation sites (N-methyl/N-ethyl adjacent to an activating group) is 1. The number of nitrogens with zero attached hydrogens (tertiary/aromatic N) is 2. The number of hydrogen-bond donors (Lipinski definition) is 2. The minimum Gasteiger partial charge on any atom is -0.465 e. The first-order valence-electron chi connectivity index (χ1n) is 8.85. The van der Waals surface area contributed by atoms with Gasteiger partial charge >= 0.3 is 12.0 Å². The maximum absolute atomic E-state index is 11.9. The molecule has 1 saturated heterocycles. The summed E-state index contributed by atoms with van der Waals surface area (Å²) in [7, 11) is 1.79. The normalized spacial score (nSPS) is 24.8. The number of esters is 1. The van der Waals surface area contributed by atoms with Gasteiger partial charge in [-0.1, -0.05) is 0 Å². The number of nitrogens with one attached hydrogen (secondary N) is 1. The Bertz CT molecular complexity index is 694. The van der Waals surface area contributed by atoms with Crippen LogP contribution in [0, 0.1) is 6.92 Å². The van der Waals surface area contributed by atoms with Crippen LogP contribution >= 0.6 is 0 Å². The fourth-order valence-corrected chi connectivity index (χ4v) is 2.86. The first kappa shape index (κ1) is 21.3. The topological polar surface area (TPSA) is 121 Å². The largest absolute Gasteiger partial charge is 0.465 e. The fourth-order valence-electron chi connectivity index (χ4n) is 2.86. The Labute approximate surface area is 157 Å². The van der Waals surface area contributed by atoms with Crippen molar-refractivity contribution in [3.8, 4) is 6.01 Å². The summed E-state index contributed by atoms with van der Waals surface area (Å²) in [5, 5.41) is 12.7. The van der Waals surface area contributed by atoms with Crippen LogP contribution in [0.25, 0.3) is 0 Å². The van der Waals surface area contributed by atoms with E-state index in [0.717, 1.165) is 0 Å². The third kappa shape index (κ3) is 5.04. The summed E-state index contributed by atoms with van der Waals surface area (Å²) in [4.78, 5) is 27.4. The van der Waals surface area contributed by atoms with Crippen LogP contribution in [0.4, 0.5) is 0 Å². The van der Waals surface area contributed by atoms with E-state index >= 15 is 0 Å². The van der Waals surface area contributed by atoms with Gasteiger partial charge in [0.15, 0.2) is 12.3 Å². The number of aromatic nitrogens is 2. The van der Waals surface area contributed by atoms with Crippen molar-refractivity contribution in [1.82, 2.24) is 14.9 Å². The number of ether oxygens (including phenoxy) is 4. The second-order valence-electron chi connectivity index (χ2n) is 6.11. The predicted molar refractivity (Wildman–Crippen MR) is 94.6 cm³/mol. The Morgan fingerprint density at radius 1 is 1.44 bits per heavy atom. The molecule has 1 aromatic heterocycles. The van der Waals surface area contributed by atoms with Crippen molar-refractivity contribution in [1.29, 1.82) is 0 Å². The van der Waals surface area contributed by atoms with Crippen molar-refractivity contribution in [2.45, 2.75) is 45.3 Å². The lowest BCUT2D eigenvalue weighted by Crippen LogP contribution is -2.40. The molecule has 4 atom stereocenters. The summed E-state index contributed by atoms with van der Waals surface area (Å²) < 4.78 is 24.2. The van der Waals surface area contributed by atoms with Gasteiger partial charge in [0.1, 0.15) is 12.2 Å². The molecule has 0 amide bonds. The smallest absolute Gasteiger partial charge is 0.303 e. The van der Waals surface area contributed by atoms with Gasteiger partial charge in [-0.25, -0.2) is 0 Å². The van der Waals surface area contributed by atoms with Crippen LogP contribution < -0.4 is 15.6 Å². The first-order valence-corrected chi connectivity index (χ1v) is 8.85. The van der Waals surface area contributed by atoms with E-state index in [-0.39, 0.29) is 12.6 Å². The van der Waals surface area contributed by atoms with Gasteiger partial charge in [0.2, 0.25) is 0 Å². The van der Waals surface area contributed by atoms with Crippen molar-refractivity contribution in [3.05, 3.63) is 22.1 Å². The Hall–Kier alpha value is -2.01. The standard InChI is InChI=1S/C17H27N3O7/c1-5-24-17-19-15(23)10(2)8-20(17)16-14(25-7-6-18-4)13(26-11(3)22)12(9-21)27-16/h8,12-14,16,18,21H,5-7,9H2,1-4H3/t12-,13?,14+,16-/m1/s1. The molecule has 2 rings (SSSR count). The summed E-state index contributed by atoms with van der Waals surface area (Å²) >= 11 is 0. The molecule has 0 spiro atoms. The van der Waals surface area contributed by atoms with Crippen LogP contribution in [0.5, 0.6) is 6.01 Å². The third-order valence-corrected chi connectivity index (χ3v) is 4.07. The van der Waals surface area contributed by atoms with E-state index in [9.17, 15) is 14.7 Å². The fraction of sp³-hybridized carbons (Fsp3) is 0.706. The molecule has 0 saturated carbocycles. The maximum atomic E-state index is 11.9. The molecule has 152 valence electrons. The van der Waals surface area contributed by atoms with Crippen molar-refractivity contribution in [2.75, 3.05) is 33.4 Å². The van der Waals surface area contributed by atoms with Gasteiger partial charge in [-0.05, 0) is 20.9 Å². The van der Waals surface area contributed by atoms with Crippen molar-refractivity contribution < 1.29 is 28.8 Å². The van der Waals surface area contributed by atoms with E-state index in [2.05, 4.69) is 10.3 Å². The molecule has 1 unspecified atom stereocenters. The Balaban J connectivity index is 2.43. The summed E-state index contributed by atoms with van der Waals surface area (Å²) in [6, 6.07) is 0.0699. The molecule has 1 aliphatic heterocycles. The molecule has 2 heterocycles. The zero-order valence-corrected chi connectivity index (χ0v) is 16.0. The van der Waals surface area contributed by atoms with Gasteiger partial charge in [0, 0.05) is 25.2 Å². The zero-order chi connectivity index (χ0) is 20.0. The molecular formula is C17H27N3O7. The highest BCUT2D eigenvalue weighted by Gasteiger charge is 2.49. The average molecular weight is 385 g/mol. The molecule has 0 bridgehead atoms. The zero-order valence-electron chi connectivity index (χ0n) is 16.0. The van der Waals surface area contributed by atoms with Gasteiger partial charge in [-0.3, -0.25) is 14.2 Å². The van der Waals surface area contributed by atoms with Crippen molar-refractivity contribution in [3.63, 3.8) is 0 Å². The molecule has 1 aromatic rings. The molecule has 27 heavy (non-hydrogen) atoms. The molecule has 1 aliphatic rings.